The van der Waals surface area contributed by atoms with Gasteiger partial charge >= 0.3 is 0 Å². The van der Waals surface area contributed by atoms with Gasteiger partial charge in [-0.15, -0.1) is 11.6 Å². The van der Waals surface area contributed by atoms with Crippen LogP contribution in [0.3, 0.4) is 0 Å². The molecule has 2 atom stereocenters. The predicted molar refractivity (Wildman–Crippen MR) is 38.9 cm³/mol. The van der Waals surface area contributed by atoms with E-state index in [1.165, 1.54) is 6.42 Å². The van der Waals surface area contributed by atoms with Gasteiger partial charge in [-0.3, -0.25) is 0 Å². The number of hydrogen-bond donors (Lipinski definition) is 0. The van der Waals surface area contributed by atoms with E-state index in [4.69, 9.17) is 16.3 Å². The fourth-order valence-electron chi connectivity index (χ4n) is 1.17. The minimum atomic E-state index is 0.282. The molecule has 2 heteroatoms. The summed E-state index contributed by atoms with van der Waals surface area (Å²) >= 11 is 5.93. The zero-order valence-corrected chi connectivity index (χ0v) is 6.53. The van der Waals surface area contributed by atoms with E-state index in [-0.39, 0.29) is 5.38 Å². The highest BCUT2D eigenvalue weighted by molar-refractivity contribution is 6.21. The molecule has 0 amide bonds. The van der Waals surface area contributed by atoms with Gasteiger partial charge in [-0.1, -0.05) is 13.3 Å². The largest absolute Gasteiger partial charge is 0.377 e. The van der Waals surface area contributed by atoms with Crippen molar-refractivity contribution in [2.75, 3.05) is 6.61 Å². The highest BCUT2D eigenvalue weighted by Gasteiger charge is 2.24. The molecule has 0 saturated carbocycles. The van der Waals surface area contributed by atoms with Gasteiger partial charge in [0, 0.05) is 6.61 Å². The SMILES string of the molecule is CCC[C@@H]1OCC[C@H]1Cl. The second-order valence-electron chi connectivity index (χ2n) is 2.50. The lowest BCUT2D eigenvalue weighted by atomic mass is 10.1. The Balaban J connectivity index is 2.22. The number of alkyl halides is 1. The maximum Gasteiger partial charge on any atom is 0.0739 e. The van der Waals surface area contributed by atoms with Gasteiger partial charge in [-0.25, -0.2) is 0 Å². The van der Waals surface area contributed by atoms with Crippen molar-refractivity contribution in [3.8, 4) is 0 Å². The molecular formula is C7H13ClO. The molecule has 54 valence electrons. The summed E-state index contributed by atoms with van der Waals surface area (Å²) in [4.78, 5) is 0. The summed E-state index contributed by atoms with van der Waals surface area (Å²) in [5.74, 6) is 0. The van der Waals surface area contributed by atoms with E-state index in [0.29, 0.717) is 6.10 Å². The van der Waals surface area contributed by atoms with Crippen molar-refractivity contribution in [2.45, 2.75) is 37.7 Å². The third-order valence-electron chi connectivity index (χ3n) is 1.70. The van der Waals surface area contributed by atoms with Gasteiger partial charge in [0.15, 0.2) is 0 Å². The van der Waals surface area contributed by atoms with Gasteiger partial charge in [0.25, 0.3) is 0 Å². The van der Waals surface area contributed by atoms with Crippen LogP contribution >= 0.6 is 11.6 Å². The average Bonchev–Trinajstić information content (AvgIpc) is 2.18. The molecule has 1 rings (SSSR count). The molecule has 0 aromatic heterocycles. The van der Waals surface area contributed by atoms with E-state index in [1.54, 1.807) is 0 Å². The summed E-state index contributed by atoms with van der Waals surface area (Å²) in [7, 11) is 0. The van der Waals surface area contributed by atoms with Gasteiger partial charge in [0.05, 0.1) is 11.5 Å². The topological polar surface area (TPSA) is 9.23 Å². The normalized spacial score (nSPS) is 35.3. The summed E-state index contributed by atoms with van der Waals surface area (Å²) in [6, 6.07) is 0. The molecule has 0 aromatic rings. The van der Waals surface area contributed by atoms with Crippen LogP contribution in [0.25, 0.3) is 0 Å². The Hall–Kier alpha value is 0.250. The van der Waals surface area contributed by atoms with Gasteiger partial charge in [0.1, 0.15) is 0 Å². The first-order valence-electron chi connectivity index (χ1n) is 3.60. The molecule has 0 radical (unpaired) electrons. The van der Waals surface area contributed by atoms with Gasteiger partial charge < -0.3 is 4.74 Å². The maximum absolute atomic E-state index is 5.93. The minimum Gasteiger partial charge on any atom is -0.377 e. The van der Waals surface area contributed by atoms with E-state index >= 15 is 0 Å². The molecule has 1 aliphatic rings. The smallest absolute Gasteiger partial charge is 0.0739 e. The van der Waals surface area contributed by atoms with Crippen LogP contribution in [0.4, 0.5) is 0 Å². The maximum atomic E-state index is 5.93. The number of rotatable bonds is 2. The highest BCUT2D eigenvalue weighted by Crippen LogP contribution is 2.22. The second-order valence-corrected chi connectivity index (χ2v) is 3.06. The number of hydrogen-bond acceptors (Lipinski definition) is 1. The van der Waals surface area contributed by atoms with Crippen molar-refractivity contribution in [3.63, 3.8) is 0 Å². The second kappa shape index (κ2) is 3.43. The molecular weight excluding hydrogens is 136 g/mol. The molecule has 0 aliphatic carbocycles. The molecule has 9 heavy (non-hydrogen) atoms. The van der Waals surface area contributed by atoms with Gasteiger partial charge in [0.2, 0.25) is 0 Å². The van der Waals surface area contributed by atoms with Crippen LogP contribution in [0.2, 0.25) is 0 Å². The van der Waals surface area contributed by atoms with Crippen molar-refractivity contribution < 1.29 is 4.74 Å². The Morgan fingerprint density at radius 2 is 2.44 bits per heavy atom. The first-order valence-corrected chi connectivity index (χ1v) is 4.04. The number of halogens is 1. The quantitative estimate of drug-likeness (QED) is 0.546. The van der Waals surface area contributed by atoms with Crippen LogP contribution in [0.1, 0.15) is 26.2 Å². The molecule has 0 bridgehead atoms. The Kier molecular flexibility index (Phi) is 2.80. The van der Waals surface area contributed by atoms with Crippen LogP contribution in [0, 0.1) is 0 Å². The first kappa shape index (κ1) is 7.36. The monoisotopic (exact) mass is 148 g/mol. The molecule has 1 aliphatic heterocycles. The fraction of sp³-hybridized carbons (Fsp3) is 1.00. The molecule has 1 fully saturated rings. The van der Waals surface area contributed by atoms with E-state index in [9.17, 15) is 0 Å². The Morgan fingerprint density at radius 3 is 2.89 bits per heavy atom. The Labute approximate surface area is 61.3 Å². The third-order valence-corrected chi connectivity index (χ3v) is 2.20. The van der Waals surface area contributed by atoms with Crippen molar-refractivity contribution in [2.24, 2.45) is 0 Å². The highest BCUT2D eigenvalue weighted by atomic mass is 35.5. The fourth-order valence-corrected chi connectivity index (χ4v) is 1.46. The summed E-state index contributed by atoms with van der Waals surface area (Å²) in [5.41, 5.74) is 0. The van der Waals surface area contributed by atoms with E-state index in [1.807, 2.05) is 0 Å². The lowest BCUT2D eigenvalue weighted by molar-refractivity contribution is 0.105. The molecule has 0 spiro atoms. The lowest BCUT2D eigenvalue weighted by Crippen LogP contribution is -2.14. The number of ether oxygens (including phenoxy) is 1. The van der Waals surface area contributed by atoms with Crippen LogP contribution in [-0.2, 0) is 4.74 Å². The van der Waals surface area contributed by atoms with Crippen LogP contribution in [-0.4, -0.2) is 18.1 Å². The van der Waals surface area contributed by atoms with E-state index in [2.05, 4.69) is 6.92 Å². The third kappa shape index (κ3) is 1.84. The zero-order valence-electron chi connectivity index (χ0n) is 5.77. The van der Waals surface area contributed by atoms with Crippen LogP contribution in [0.5, 0.6) is 0 Å². The van der Waals surface area contributed by atoms with Crippen LogP contribution in [0.15, 0.2) is 0 Å². The minimum absolute atomic E-state index is 0.282. The van der Waals surface area contributed by atoms with Gasteiger partial charge in [-0.05, 0) is 12.8 Å². The molecule has 0 N–H and O–H groups in total. The molecule has 1 nitrogen and oxygen atoms in total. The van der Waals surface area contributed by atoms with Gasteiger partial charge in [-0.2, -0.15) is 0 Å². The molecule has 0 aromatic carbocycles. The molecule has 1 saturated heterocycles. The Bertz CT molecular complexity index is 85.0. The standard InChI is InChI=1S/C7H13ClO/c1-2-3-7-6(8)4-5-9-7/h6-7H,2-5H2,1H3/t6-,7+/m1/s1. The summed E-state index contributed by atoms with van der Waals surface area (Å²) in [6.07, 6.45) is 3.67. The average molecular weight is 149 g/mol. The van der Waals surface area contributed by atoms with Crippen molar-refractivity contribution in [1.29, 1.82) is 0 Å². The van der Waals surface area contributed by atoms with Crippen molar-refractivity contribution in [1.82, 2.24) is 0 Å². The first-order chi connectivity index (χ1) is 4.34. The Morgan fingerprint density at radius 1 is 1.67 bits per heavy atom. The molecule has 1 heterocycles. The van der Waals surface area contributed by atoms with Crippen molar-refractivity contribution >= 4 is 11.6 Å². The summed E-state index contributed by atoms with van der Waals surface area (Å²) in [6.45, 7) is 3.02. The summed E-state index contributed by atoms with van der Waals surface area (Å²) in [5, 5.41) is 0.282. The van der Waals surface area contributed by atoms with E-state index < -0.39 is 0 Å². The molecule has 0 unspecified atom stereocenters. The van der Waals surface area contributed by atoms with Crippen molar-refractivity contribution in [3.05, 3.63) is 0 Å². The van der Waals surface area contributed by atoms with E-state index in [0.717, 1.165) is 19.4 Å². The summed E-state index contributed by atoms with van der Waals surface area (Å²) < 4.78 is 5.37. The predicted octanol–water partition coefficient (Wildman–Crippen LogP) is 2.18. The zero-order chi connectivity index (χ0) is 6.69. The lowest BCUT2D eigenvalue weighted by Gasteiger charge is -2.09. The van der Waals surface area contributed by atoms with Crippen LogP contribution < -0.4 is 0 Å².